The minimum Gasteiger partial charge on any atom is -0.497 e. The zero-order valence-electron chi connectivity index (χ0n) is 40.9. The molecule has 3 N–H and O–H groups in total. The molecule has 2 aromatic heterocycles. The van der Waals surface area contributed by atoms with E-state index in [1.165, 1.54) is 36.9 Å². The van der Waals surface area contributed by atoms with Gasteiger partial charge >= 0.3 is 0 Å². The Morgan fingerprint density at radius 1 is 0.928 bits per heavy atom. The second kappa shape index (κ2) is 28.3. The summed E-state index contributed by atoms with van der Waals surface area (Å²) >= 11 is 9.21. The van der Waals surface area contributed by atoms with Gasteiger partial charge < -0.3 is 28.5 Å². The van der Waals surface area contributed by atoms with E-state index in [1.54, 1.807) is 61.0 Å². The molecule has 2 fully saturated rings. The normalized spacial score (nSPS) is 18.4. The van der Waals surface area contributed by atoms with Crippen LogP contribution >= 0.6 is 0 Å². The quantitative estimate of drug-likeness (QED) is 0.0810. The summed E-state index contributed by atoms with van der Waals surface area (Å²) in [5.41, 5.74) is 2.34. The highest BCUT2D eigenvalue weighted by Crippen LogP contribution is 2.45. The van der Waals surface area contributed by atoms with Crippen LogP contribution in [0.2, 0.25) is 18.1 Å². The Labute approximate surface area is 434 Å². The highest BCUT2D eigenvalue weighted by Gasteiger charge is 2.52. The molecule has 0 aliphatic carbocycles. The zero-order valence-corrected chi connectivity index (χ0v) is 48.4. The van der Waals surface area contributed by atoms with E-state index in [4.69, 9.17) is 23.4 Å². The number of aliphatic hydroxyl groups excluding tert-OH is 1. The van der Waals surface area contributed by atoms with Gasteiger partial charge in [0.15, 0.2) is 25.7 Å². The summed E-state index contributed by atoms with van der Waals surface area (Å²) < 4.78 is 32.9. The van der Waals surface area contributed by atoms with Gasteiger partial charge in [-0.3, -0.25) is 24.5 Å². The van der Waals surface area contributed by atoms with Gasteiger partial charge in [-0.05, 0) is 66.7 Å². The molecule has 22 heteroatoms. The molecule has 2 aliphatic rings. The van der Waals surface area contributed by atoms with E-state index < -0.39 is 44.0 Å². The third-order valence-electron chi connectivity index (χ3n) is 11.6. The van der Waals surface area contributed by atoms with E-state index in [-0.39, 0.29) is 40.6 Å². The molecule has 7 rings (SSSR count). The van der Waals surface area contributed by atoms with Crippen LogP contribution in [0.1, 0.15) is 89.8 Å². The van der Waals surface area contributed by atoms with E-state index in [0.29, 0.717) is 5.75 Å². The van der Waals surface area contributed by atoms with Crippen LogP contribution in [-0.4, -0.2) is 84.1 Å². The highest BCUT2D eigenvalue weighted by molar-refractivity contribution is 8.70. The molecule has 0 radical (unpaired) electrons. The maximum Gasteiger partial charge on any atom is 0.280 e. The van der Waals surface area contributed by atoms with Crippen LogP contribution in [-0.2, 0) is 105 Å². The fraction of sp³-hybridized carbons (Fsp3) is 0.489. The van der Waals surface area contributed by atoms with Crippen molar-refractivity contribution >= 4 is 107 Å². The second-order valence-corrected chi connectivity index (χ2v) is 32.8. The third-order valence-corrected chi connectivity index (χ3v) is 27.2. The Morgan fingerprint density at radius 3 is 2.00 bits per heavy atom. The number of hydrogen-bond acceptors (Lipinski definition) is 12. The number of rotatable bonds is 12. The number of H-pyrrole nitrogens is 1. The number of ether oxygens (including phenoxy) is 4. The van der Waals surface area contributed by atoms with Crippen LogP contribution in [0.4, 0.5) is 5.95 Å². The summed E-state index contributed by atoms with van der Waals surface area (Å²) in [6, 6.07) is 26.0. The maximum absolute atomic E-state index is 13.2. The van der Waals surface area contributed by atoms with Crippen LogP contribution < -0.4 is 15.6 Å². The van der Waals surface area contributed by atoms with Gasteiger partial charge in [0.2, 0.25) is 11.9 Å². The van der Waals surface area contributed by atoms with Crippen LogP contribution in [0.3, 0.4) is 0 Å². The van der Waals surface area contributed by atoms with Crippen molar-refractivity contribution in [3.63, 3.8) is 0 Å². The molecule has 2 aliphatic heterocycles. The summed E-state index contributed by atoms with van der Waals surface area (Å²) in [7, 11) is 8.23. The fourth-order valence-electron chi connectivity index (χ4n) is 6.96. The minimum atomic E-state index is -2.52. The molecule has 3 aromatic carbocycles. The van der Waals surface area contributed by atoms with E-state index in [0.717, 1.165) is 35.5 Å². The molecule has 5 atom stereocenters. The maximum atomic E-state index is 13.2. The van der Waals surface area contributed by atoms with Crippen molar-refractivity contribution in [2.45, 2.75) is 117 Å². The smallest absolute Gasteiger partial charge is 0.280 e. The van der Waals surface area contributed by atoms with Gasteiger partial charge in [-0.2, -0.15) is 4.98 Å². The van der Waals surface area contributed by atoms with Gasteiger partial charge in [-0.25, -0.2) is 4.98 Å². The van der Waals surface area contributed by atoms with E-state index in [1.807, 2.05) is 75.4 Å². The lowest BCUT2D eigenvalue weighted by Gasteiger charge is -2.40. The Hall–Kier alpha value is -2.94. The van der Waals surface area contributed by atoms with Crippen LogP contribution in [0, 0.1) is 12.8 Å². The number of fused-ring (bicyclic) bond motifs is 1. The first-order valence-corrected chi connectivity index (χ1v) is 34.7. The number of nitrogens with zero attached hydrogens (tertiary/aromatic N) is 3. The third kappa shape index (κ3) is 15.8. The predicted molar refractivity (Wildman–Crippen MR) is 300 cm³/mol. The number of carbonyl (C=O) groups is 1. The van der Waals surface area contributed by atoms with Crippen molar-refractivity contribution in [2.24, 2.45) is 5.92 Å². The lowest BCUT2D eigenvalue weighted by Crippen LogP contribution is -2.49. The van der Waals surface area contributed by atoms with E-state index >= 15 is 0 Å². The summed E-state index contributed by atoms with van der Waals surface area (Å²) in [6.07, 6.45) is 0.170. The Morgan fingerprint density at radius 2 is 1.49 bits per heavy atom. The molecule has 5 aromatic rings. The molecule has 4 heterocycles. The Kier molecular flexibility index (Phi) is 24.1. The number of nitrogens with one attached hydrogen (secondary N) is 2. The molecule has 0 bridgehead atoms. The number of aromatic nitrogens is 4. The second-order valence-electron chi connectivity index (χ2n) is 17.5. The van der Waals surface area contributed by atoms with Crippen molar-refractivity contribution in [3.05, 3.63) is 118 Å². The van der Waals surface area contributed by atoms with Crippen molar-refractivity contribution in [1.82, 2.24) is 19.5 Å². The van der Waals surface area contributed by atoms with Gasteiger partial charge in [0.1, 0.15) is 29.7 Å². The van der Waals surface area contributed by atoms with Crippen LogP contribution in [0.25, 0.3) is 11.2 Å². The summed E-state index contributed by atoms with van der Waals surface area (Å²) in [4.78, 5) is 37.3. The summed E-state index contributed by atoms with van der Waals surface area (Å²) in [6.45, 7) is 22.1. The first-order valence-electron chi connectivity index (χ1n) is 22.5. The predicted octanol–water partition coefficient (Wildman–Crippen LogP) is 8.49. The van der Waals surface area contributed by atoms with Gasteiger partial charge in [0.25, 0.3) is 5.56 Å². The average Bonchev–Trinajstić information content (AvgIpc) is 4.13. The first-order chi connectivity index (χ1) is 33.0. The molecule has 0 spiro atoms. The van der Waals surface area contributed by atoms with E-state index in [2.05, 4.69) is 101 Å². The molecule has 378 valence electrons. The zero-order chi connectivity index (χ0) is 50.8. The molecular formula is C47H65N5O8S8Si. The van der Waals surface area contributed by atoms with Gasteiger partial charge in [-0.15, -0.1) is 0 Å². The molecule has 2 saturated heterocycles. The number of anilines is 1. The SMILES string of the molecule is C1CCOC1.CC.COc1ccc(C(OC[C@H]2O[C@@H](n3cnc4c(=O)[nH]c(NC(=O)C(C)C)nc43)[C@@H](O[Si](C)(C)C(C)(C)C)C2O)(c2ccccc2)c2ccc(C)cc2)cc1.S=S=S=S=S=S=S=S. The Balaban J connectivity index is 0.000000596. The highest BCUT2D eigenvalue weighted by atomic mass is 33.4. The van der Waals surface area contributed by atoms with Gasteiger partial charge in [-0.1, -0.05) is 121 Å². The van der Waals surface area contributed by atoms with Crippen LogP contribution in [0.5, 0.6) is 5.75 Å². The van der Waals surface area contributed by atoms with Gasteiger partial charge in [0.05, 0.1) is 20.0 Å². The molecule has 1 amide bonds. The monoisotopic (exact) mass is 1110 g/mol. The van der Waals surface area contributed by atoms with Crippen molar-refractivity contribution in [2.75, 3.05) is 32.2 Å². The number of imidazole rings is 1. The first kappa shape index (κ1) is 58.6. The lowest BCUT2D eigenvalue weighted by molar-refractivity contribution is -0.118. The number of hydrogen-bond donors (Lipinski definition) is 3. The minimum absolute atomic E-state index is 0.0153. The topological polar surface area (TPSA) is 159 Å². The standard InChI is InChI=1S/C41H51N5O7Si.C4H8O.C2H6.S8/c1-25(2)36(48)44-39-43-35-32(37(49)45-39)42-24-46(35)38-34(53-54(8,9)40(4,5)6)33(47)31(52-38)23-51-41(27-13-11-10-12-14-27,28-17-15-26(3)16-18-28)29-19-21-30(50-7)22-20-29;1-2-4-5-3-1;1-2;1-3-5-7-8-6-4-2/h10-22,24-25,31,33-34,38,47H,23H2,1-9H3,(H2,43,44,45,48,49);1-4H2;1-2H3;/t31-,33?,34+,38-,41?;;;/m1.../s1. The molecule has 69 heavy (non-hydrogen) atoms. The van der Waals surface area contributed by atoms with Gasteiger partial charge in [0, 0.05) is 94.8 Å². The number of benzene rings is 3. The average molecular weight is 1110 g/mol. The number of methoxy groups -OCH3 is 1. The van der Waals surface area contributed by atoms with Crippen molar-refractivity contribution < 1.29 is 33.3 Å². The molecule has 13 nitrogen and oxygen atoms in total. The number of aliphatic hydroxyl groups is 1. The molecular weight excluding hydrogens is 1050 g/mol. The summed E-state index contributed by atoms with van der Waals surface area (Å²) in [5, 5.41) is 14.7. The number of amides is 1. The number of aromatic amines is 1. The number of carbonyl (C=O) groups excluding carboxylic acids is 1. The fourth-order valence-corrected chi connectivity index (χ4v) is 19.2. The molecule has 2 unspecified atom stereocenters. The van der Waals surface area contributed by atoms with Crippen molar-refractivity contribution in [3.8, 4) is 5.75 Å². The largest absolute Gasteiger partial charge is 0.497 e. The Bertz CT molecular complexity index is 2720. The number of aryl methyl sites for hydroxylation is 1. The lowest BCUT2D eigenvalue weighted by atomic mass is 9.79. The van der Waals surface area contributed by atoms with Crippen molar-refractivity contribution in [1.29, 1.82) is 0 Å². The van der Waals surface area contributed by atoms with Crippen LogP contribution in [0.15, 0.2) is 90.0 Å². The van der Waals surface area contributed by atoms with E-state index in [9.17, 15) is 14.7 Å². The summed E-state index contributed by atoms with van der Waals surface area (Å²) in [5.74, 6) is 0.0472. The molecule has 0 saturated carbocycles.